The van der Waals surface area contributed by atoms with Crippen molar-refractivity contribution >= 4 is 35.2 Å². The van der Waals surface area contributed by atoms with Crippen LogP contribution in [0.15, 0.2) is 60.7 Å². The highest BCUT2D eigenvalue weighted by Crippen LogP contribution is 2.26. The normalized spacial score (nSPS) is 12.0. The van der Waals surface area contributed by atoms with Crippen molar-refractivity contribution in [2.24, 2.45) is 0 Å². The molecule has 0 bridgehead atoms. The van der Waals surface area contributed by atoms with E-state index in [4.69, 9.17) is 5.11 Å². The molecule has 43 heavy (non-hydrogen) atoms. The quantitative estimate of drug-likeness (QED) is 0.141. The van der Waals surface area contributed by atoms with Gasteiger partial charge in [0.25, 0.3) is 0 Å². The minimum Gasteiger partial charge on any atom is -0.481 e. The zero-order chi connectivity index (χ0) is 31.7. The van der Waals surface area contributed by atoms with Crippen molar-refractivity contribution in [3.63, 3.8) is 0 Å². The Kier molecular flexibility index (Phi) is 10.9. The van der Waals surface area contributed by atoms with Gasteiger partial charge in [0.05, 0.1) is 6.42 Å². The Hall–Kier alpha value is -5.27. The largest absolute Gasteiger partial charge is 0.481 e. The number of carboxylic acid groups (broad SMARTS) is 1. The van der Waals surface area contributed by atoms with Crippen molar-refractivity contribution in [1.82, 2.24) is 10.6 Å². The third kappa shape index (κ3) is 8.86. The molecule has 0 heterocycles. The Labute approximate surface area is 242 Å². The Bertz CT molecular complexity index is 1510. The molecule has 3 amide bonds. The van der Waals surface area contributed by atoms with Crippen molar-refractivity contribution in [3.05, 3.63) is 95.1 Å². The smallest absolute Gasteiger partial charge is 0.313 e. The molecule has 0 fully saturated rings. The summed E-state index contributed by atoms with van der Waals surface area (Å²) < 4.78 is 58.9. The van der Waals surface area contributed by atoms with Crippen LogP contribution in [0.25, 0.3) is 0 Å². The molecule has 0 radical (unpaired) electrons. The van der Waals surface area contributed by atoms with Gasteiger partial charge in [0.1, 0.15) is 18.7 Å². The number of benzene rings is 3. The Morgan fingerprint density at radius 1 is 0.837 bits per heavy atom. The molecule has 3 aromatic rings. The van der Waals surface area contributed by atoms with Crippen LogP contribution < -0.4 is 20.7 Å². The van der Waals surface area contributed by atoms with Gasteiger partial charge in [-0.25, -0.2) is 8.78 Å². The lowest BCUT2D eigenvalue weighted by Gasteiger charge is -2.20. The SMILES string of the molecule is C[C@H](NC(=O)C(=O)Nc1ccccc1Cc1ccccc1)C(=O)N[C@@H](CC(=O)O)C(=O)COc1c(F)c(F)cc(F)c1F. The maximum atomic E-state index is 13.8. The lowest BCUT2D eigenvalue weighted by atomic mass is 10.0. The average Bonchev–Trinajstić information content (AvgIpc) is 2.96. The number of anilines is 1. The van der Waals surface area contributed by atoms with Crippen LogP contribution in [-0.2, 0) is 30.4 Å². The van der Waals surface area contributed by atoms with Gasteiger partial charge in [0, 0.05) is 11.8 Å². The molecule has 0 aromatic heterocycles. The van der Waals surface area contributed by atoms with E-state index in [9.17, 15) is 41.5 Å². The molecular weight excluding hydrogens is 578 g/mol. The summed E-state index contributed by atoms with van der Waals surface area (Å²) in [6, 6.07) is 12.7. The highest BCUT2D eigenvalue weighted by Gasteiger charge is 2.29. The van der Waals surface area contributed by atoms with Gasteiger partial charge in [0.2, 0.25) is 17.5 Å². The molecule has 0 aliphatic carbocycles. The number of para-hydroxylation sites is 1. The molecule has 226 valence electrons. The number of Topliss-reactive ketones (excluding diaryl/α,β-unsaturated/α-hetero) is 1. The summed E-state index contributed by atoms with van der Waals surface area (Å²) in [5.74, 6) is -15.2. The predicted molar refractivity (Wildman–Crippen MR) is 143 cm³/mol. The summed E-state index contributed by atoms with van der Waals surface area (Å²) in [6.45, 7) is -0.135. The Morgan fingerprint density at radius 2 is 1.44 bits per heavy atom. The number of carbonyl (C=O) groups is 5. The molecule has 2 atom stereocenters. The molecule has 4 N–H and O–H groups in total. The molecule has 3 aromatic carbocycles. The van der Waals surface area contributed by atoms with Crippen molar-refractivity contribution in [2.75, 3.05) is 11.9 Å². The van der Waals surface area contributed by atoms with Gasteiger partial charge in [-0.15, -0.1) is 0 Å². The number of ketones is 1. The number of aliphatic carboxylic acids is 1. The third-order valence-electron chi connectivity index (χ3n) is 5.96. The van der Waals surface area contributed by atoms with E-state index < -0.39 is 83.6 Å². The molecule has 0 aliphatic heterocycles. The van der Waals surface area contributed by atoms with E-state index in [1.807, 2.05) is 35.6 Å². The molecule has 0 saturated carbocycles. The van der Waals surface area contributed by atoms with Crippen LogP contribution in [0.3, 0.4) is 0 Å². The number of hydrogen-bond donors (Lipinski definition) is 4. The van der Waals surface area contributed by atoms with Gasteiger partial charge in [-0.3, -0.25) is 24.0 Å². The van der Waals surface area contributed by atoms with Crippen molar-refractivity contribution < 1.29 is 51.4 Å². The summed E-state index contributed by atoms with van der Waals surface area (Å²) in [5, 5.41) is 15.7. The van der Waals surface area contributed by atoms with Crippen LogP contribution in [0.5, 0.6) is 5.75 Å². The van der Waals surface area contributed by atoms with E-state index in [2.05, 4.69) is 15.4 Å². The second-order valence-electron chi connectivity index (χ2n) is 9.18. The van der Waals surface area contributed by atoms with Crippen LogP contribution in [0, 0.1) is 23.3 Å². The number of rotatable bonds is 12. The zero-order valence-electron chi connectivity index (χ0n) is 22.5. The maximum Gasteiger partial charge on any atom is 0.313 e. The lowest BCUT2D eigenvalue weighted by molar-refractivity contribution is -0.141. The first kappa shape index (κ1) is 32.2. The summed E-state index contributed by atoms with van der Waals surface area (Å²) in [5.41, 5.74) is 2.01. The van der Waals surface area contributed by atoms with Gasteiger partial charge in [-0.05, 0) is 30.5 Å². The van der Waals surface area contributed by atoms with Crippen LogP contribution in [0.1, 0.15) is 24.5 Å². The fourth-order valence-corrected chi connectivity index (χ4v) is 3.76. The average molecular weight is 604 g/mol. The maximum absolute atomic E-state index is 13.8. The fraction of sp³-hybridized carbons (Fsp3) is 0.207. The first-order chi connectivity index (χ1) is 20.4. The molecule has 10 nitrogen and oxygen atoms in total. The minimum atomic E-state index is -1.93. The summed E-state index contributed by atoms with van der Waals surface area (Å²) in [7, 11) is 0. The number of hydrogen-bond acceptors (Lipinski definition) is 6. The standard InChI is InChI=1S/C29H25F4N3O7/c1-15(34-28(41)29(42)35-20-10-6-5-9-17(20)11-16-7-3-2-4-8-16)27(40)36-21(13-23(38)39)22(37)14-43-26-24(32)18(30)12-19(31)25(26)33/h2-10,12,15,21H,11,13-14H2,1H3,(H,34,41)(H,35,42)(H,36,40)(H,38,39)/t15-,21-/m0/s1. The Balaban J connectivity index is 1.61. The van der Waals surface area contributed by atoms with E-state index in [1.54, 1.807) is 24.3 Å². The van der Waals surface area contributed by atoms with Gasteiger partial charge in [-0.2, -0.15) is 8.78 Å². The monoisotopic (exact) mass is 603 g/mol. The molecule has 0 unspecified atom stereocenters. The van der Waals surface area contributed by atoms with Crippen LogP contribution in [0.4, 0.5) is 23.2 Å². The number of amides is 3. The summed E-state index contributed by atoms with van der Waals surface area (Å²) in [4.78, 5) is 61.4. The summed E-state index contributed by atoms with van der Waals surface area (Å²) >= 11 is 0. The van der Waals surface area contributed by atoms with E-state index in [0.29, 0.717) is 17.7 Å². The van der Waals surface area contributed by atoms with Crippen molar-refractivity contribution in [2.45, 2.75) is 31.8 Å². The van der Waals surface area contributed by atoms with Gasteiger partial charge in [0.15, 0.2) is 23.2 Å². The summed E-state index contributed by atoms with van der Waals surface area (Å²) in [6.07, 6.45) is -0.566. The Morgan fingerprint density at radius 3 is 2.07 bits per heavy atom. The van der Waals surface area contributed by atoms with E-state index in [-0.39, 0.29) is 6.07 Å². The molecule has 0 saturated heterocycles. The fourth-order valence-electron chi connectivity index (χ4n) is 3.76. The topological polar surface area (TPSA) is 151 Å². The van der Waals surface area contributed by atoms with Crippen LogP contribution in [-0.4, -0.2) is 53.3 Å². The van der Waals surface area contributed by atoms with E-state index in [0.717, 1.165) is 12.5 Å². The first-order valence-electron chi connectivity index (χ1n) is 12.6. The number of carboxylic acids is 1. The number of nitrogens with one attached hydrogen (secondary N) is 3. The lowest BCUT2D eigenvalue weighted by Crippen LogP contribution is -2.53. The molecular formula is C29H25F4N3O7. The van der Waals surface area contributed by atoms with Crippen molar-refractivity contribution in [1.29, 1.82) is 0 Å². The van der Waals surface area contributed by atoms with Crippen LogP contribution in [0.2, 0.25) is 0 Å². The second-order valence-corrected chi connectivity index (χ2v) is 9.18. The highest BCUT2D eigenvalue weighted by molar-refractivity contribution is 6.40. The number of carbonyl (C=O) groups excluding carboxylic acids is 4. The van der Waals surface area contributed by atoms with Crippen molar-refractivity contribution in [3.8, 4) is 5.75 Å². The molecule has 14 heteroatoms. The van der Waals surface area contributed by atoms with E-state index >= 15 is 0 Å². The van der Waals surface area contributed by atoms with Crippen LogP contribution >= 0.6 is 0 Å². The minimum absolute atomic E-state index is 0.0771. The van der Waals surface area contributed by atoms with Gasteiger partial charge >= 0.3 is 17.8 Å². The first-order valence-corrected chi connectivity index (χ1v) is 12.6. The van der Waals surface area contributed by atoms with E-state index in [1.165, 1.54) is 0 Å². The highest BCUT2D eigenvalue weighted by atomic mass is 19.2. The predicted octanol–water partition coefficient (Wildman–Crippen LogP) is 2.88. The number of ether oxygens (including phenoxy) is 1. The molecule has 0 spiro atoms. The second kappa shape index (κ2) is 14.6. The zero-order valence-corrected chi connectivity index (χ0v) is 22.5. The third-order valence-corrected chi connectivity index (χ3v) is 5.96. The molecule has 3 rings (SSSR count). The molecule has 0 aliphatic rings. The number of halogens is 4. The van der Waals surface area contributed by atoms with Gasteiger partial charge < -0.3 is 25.8 Å². The van der Waals surface area contributed by atoms with Gasteiger partial charge in [-0.1, -0.05) is 48.5 Å².